The Hall–Kier alpha value is -1.39. The van der Waals surface area contributed by atoms with E-state index in [0.717, 1.165) is 17.9 Å². The summed E-state index contributed by atoms with van der Waals surface area (Å²) in [5, 5.41) is 7.98. The second kappa shape index (κ2) is 6.68. The van der Waals surface area contributed by atoms with Gasteiger partial charge < -0.3 is 9.84 Å². The average Bonchev–Trinajstić information content (AvgIpc) is 2.81. The minimum atomic E-state index is 0.273. The van der Waals surface area contributed by atoms with Crippen LogP contribution in [-0.4, -0.2) is 10.1 Å². The molecule has 1 atom stereocenters. The predicted molar refractivity (Wildman–Crippen MR) is 75.0 cm³/mol. The van der Waals surface area contributed by atoms with Gasteiger partial charge in [-0.3, -0.25) is 0 Å². The van der Waals surface area contributed by atoms with Crippen molar-refractivity contribution in [3.63, 3.8) is 0 Å². The van der Waals surface area contributed by atoms with Gasteiger partial charge in [0.25, 0.3) is 0 Å². The number of hydrogen-bond donors (Lipinski definition) is 1. The first-order valence-electron chi connectivity index (χ1n) is 6.47. The van der Waals surface area contributed by atoms with E-state index in [1.165, 1.54) is 5.56 Å². The molecule has 0 aliphatic heterocycles. The van der Waals surface area contributed by atoms with Crippen molar-refractivity contribution in [2.45, 2.75) is 39.3 Å². The van der Waals surface area contributed by atoms with Crippen LogP contribution in [0, 0.1) is 6.92 Å². The molecule has 1 aromatic carbocycles. The number of hydrogen-bond acceptors (Lipinski definition) is 4. The van der Waals surface area contributed by atoms with Gasteiger partial charge in [0.2, 0.25) is 5.89 Å². The van der Waals surface area contributed by atoms with Crippen LogP contribution in [0.3, 0.4) is 0 Å². The average molecular weight is 280 g/mol. The SMILES string of the molecule is CCCC(NCc1nc(C)no1)c1ccc(Cl)cc1. The fourth-order valence-corrected chi connectivity index (χ4v) is 2.12. The van der Waals surface area contributed by atoms with Crippen LogP contribution >= 0.6 is 11.6 Å². The van der Waals surface area contributed by atoms with Crippen molar-refractivity contribution >= 4 is 11.6 Å². The summed E-state index contributed by atoms with van der Waals surface area (Å²) in [6.07, 6.45) is 2.15. The van der Waals surface area contributed by atoms with E-state index in [-0.39, 0.29) is 6.04 Å². The van der Waals surface area contributed by atoms with E-state index in [9.17, 15) is 0 Å². The highest BCUT2D eigenvalue weighted by molar-refractivity contribution is 6.30. The summed E-state index contributed by atoms with van der Waals surface area (Å²) in [6.45, 7) is 4.56. The normalized spacial score (nSPS) is 12.6. The van der Waals surface area contributed by atoms with Crippen LogP contribution < -0.4 is 5.32 Å². The lowest BCUT2D eigenvalue weighted by Crippen LogP contribution is -2.21. The maximum absolute atomic E-state index is 5.92. The maximum atomic E-state index is 5.92. The minimum Gasteiger partial charge on any atom is -0.338 e. The molecule has 0 saturated carbocycles. The van der Waals surface area contributed by atoms with E-state index < -0.39 is 0 Å². The van der Waals surface area contributed by atoms with Gasteiger partial charge in [0.05, 0.1) is 6.54 Å². The summed E-state index contributed by atoms with van der Waals surface area (Å²) in [5.74, 6) is 1.28. The van der Waals surface area contributed by atoms with Crippen molar-refractivity contribution in [3.8, 4) is 0 Å². The molecular formula is C14H18ClN3O. The second-order valence-corrected chi connectivity index (χ2v) is 4.95. The Morgan fingerprint density at radius 3 is 2.63 bits per heavy atom. The van der Waals surface area contributed by atoms with E-state index in [1.807, 2.05) is 19.1 Å². The molecule has 1 N–H and O–H groups in total. The molecule has 5 heteroatoms. The minimum absolute atomic E-state index is 0.273. The molecule has 0 spiro atoms. The zero-order valence-electron chi connectivity index (χ0n) is 11.2. The molecule has 4 nitrogen and oxygen atoms in total. The van der Waals surface area contributed by atoms with E-state index in [0.29, 0.717) is 18.3 Å². The number of aryl methyl sites for hydroxylation is 1. The zero-order valence-corrected chi connectivity index (χ0v) is 11.9. The molecule has 1 aromatic heterocycles. The van der Waals surface area contributed by atoms with Crippen LogP contribution in [0.5, 0.6) is 0 Å². The Labute approximate surface area is 118 Å². The Kier molecular flexibility index (Phi) is 4.93. The number of benzene rings is 1. The van der Waals surface area contributed by atoms with Gasteiger partial charge in [0.1, 0.15) is 0 Å². The molecule has 0 aliphatic carbocycles. The molecule has 0 saturated heterocycles. The number of nitrogens with one attached hydrogen (secondary N) is 1. The summed E-state index contributed by atoms with van der Waals surface area (Å²) in [5.41, 5.74) is 1.22. The van der Waals surface area contributed by atoms with Crippen LogP contribution in [0.2, 0.25) is 5.02 Å². The van der Waals surface area contributed by atoms with Crippen molar-refractivity contribution < 1.29 is 4.52 Å². The first-order chi connectivity index (χ1) is 9.19. The third-order valence-corrected chi connectivity index (χ3v) is 3.17. The molecule has 2 aromatic rings. The second-order valence-electron chi connectivity index (χ2n) is 4.51. The molecule has 0 fully saturated rings. The van der Waals surface area contributed by atoms with Gasteiger partial charge in [-0.05, 0) is 31.0 Å². The fraction of sp³-hybridized carbons (Fsp3) is 0.429. The molecule has 102 valence electrons. The number of aromatic nitrogens is 2. The quantitative estimate of drug-likeness (QED) is 0.877. The third kappa shape index (κ3) is 4.04. The van der Waals surface area contributed by atoms with Crippen molar-refractivity contribution in [1.29, 1.82) is 0 Å². The Morgan fingerprint density at radius 2 is 2.05 bits per heavy atom. The highest BCUT2D eigenvalue weighted by Gasteiger charge is 2.12. The van der Waals surface area contributed by atoms with E-state index in [4.69, 9.17) is 16.1 Å². The van der Waals surface area contributed by atoms with Crippen LogP contribution in [0.4, 0.5) is 0 Å². The number of nitrogens with zero attached hydrogens (tertiary/aromatic N) is 2. The summed E-state index contributed by atoms with van der Waals surface area (Å²) < 4.78 is 5.10. The van der Waals surface area contributed by atoms with Crippen molar-refractivity contribution in [2.24, 2.45) is 0 Å². The topological polar surface area (TPSA) is 51.0 Å². The van der Waals surface area contributed by atoms with Gasteiger partial charge in [0, 0.05) is 11.1 Å². The highest BCUT2D eigenvalue weighted by Crippen LogP contribution is 2.21. The molecular weight excluding hydrogens is 262 g/mol. The Bertz CT molecular complexity index is 510. The van der Waals surface area contributed by atoms with Crippen LogP contribution in [0.25, 0.3) is 0 Å². The van der Waals surface area contributed by atoms with Gasteiger partial charge in [-0.15, -0.1) is 0 Å². The first-order valence-corrected chi connectivity index (χ1v) is 6.85. The van der Waals surface area contributed by atoms with Gasteiger partial charge in [-0.25, -0.2) is 0 Å². The molecule has 1 heterocycles. The van der Waals surface area contributed by atoms with Gasteiger partial charge in [0.15, 0.2) is 5.82 Å². The number of halogens is 1. The Morgan fingerprint density at radius 1 is 1.32 bits per heavy atom. The summed E-state index contributed by atoms with van der Waals surface area (Å²) in [7, 11) is 0. The largest absolute Gasteiger partial charge is 0.338 e. The van der Waals surface area contributed by atoms with Crippen molar-refractivity contribution in [3.05, 3.63) is 46.6 Å². The molecule has 1 unspecified atom stereocenters. The molecule has 0 amide bonds. The highest BCUT2D eigenvalue weighted by atomic mass is 35.5. The number of rotatable bonds is 6. The van der Waals surface area contributed by atoms with Gasteiger partial charge >= 0.3 is 0 Å². The van der Waals surface area contributed by atoms with Gasteiger partial charge in [-0.1, -0.05) is 42.2 Å². The molecule has 0 radical (unpaired) electrons. The molecule has 2 rings (SSSR count). The van der Waals surface area contributed by atoms with E-state index in [1.54, 1.807) is 0 Å². The summed E-state index contributed by atoms with van der Waals surface area (Å²) in [4.78, 5) is 4.19. The van der Waals surface area contributed by atoms with Crippen molar-refractivity contribution in [1.82, 2.24) is 15.5 Å². The van der Waals surface area contributed by atoms with Crippen molar-refractivity contribution in [2.75, 3.05) is 0 Å². The third-order valence-electron chi connectivity index (χ3n) is 2.92. The monoisotopic (exact) mass is 279 g/mol. The smallest absolute Gasteiger partial charge is 0.240 e. The van der Waals surface area contributed by atoms with Crippen LogP contribution in [0.15, 0.2) is 28.8 Å². The molecule has 0 bridgehead atoms. The van der Waals surface area contributed by atoms with E-state index >= 15 is 0 Å². The zero-order chi connectivity index (χ0) is 13.7. The lowest BCUT2D eigenvalue weighted by molar-refractivity contribution is 0.351. The molecule has 0 aliphatic rings. The maximum Gasteiger partial charge on any atom is 0.240 e. The first kappa shape index (κ1) is 14.0. The predicted octanol–water partition coefficient (Wildman–Crippen LogP) is 3.66. The standard InChI is InChI=1S/C14H18ClN3O/c1-3-4-13(11-5-7-12(15)8-6-11)16-9-14-17-10(2)18-19-14/h5-8,13,16H,3-4,9H2,1-2H3. The van der Waals surface area contributed by atoms with Crippen LogP contribution in [0.1, 0.15) is 43.1 Å². The summed E-state index contributed by atoms with van der Waals surface area (Å²) >= 11 is 5.92. The lowest BCUT2D eigenvalue weighted by Gasteiger charge is -2.17. The van der Waals surface area contributed by atoms with E-state index in [2.05, 4.69) is 34.5 Å². The lowest BCUT2D eigenvalue weighted by atomic mass is 10.0. The molecule has 19 heavy (non-hydrogen) atoms. The van der Waals surface area contributed by atoms with Gasteiger partial charge in [-0.2, -0.15) is 4.98 Å². The Balaban J connectivity index is 2.01. The van der Waals surface area contributed by atoms with Crippen LogP contribution in [-0.2, 0) is 6.54 Å². The summed E-state index contributed by atoms with van der Waals surface area (Å²) in [6, 6.07) is 8.20. The fourth-order valence-electron chi connectivity index (χ4n) is 1.99.